The molecule has 0 atom stereocenters. The van der Waals surface area contributed by atoms with Crippen molar-refractivity contribution in [2.75, 3.05) is 0 Å². The van der Waals surface area contributed by atoms with Gasteiger partial charge in [0.25, 0.3) is 0 Å². The number of para-hydroxylation sites is 10. The second-order valence-corrected chi connectivity index (χ2v) is 25.2. The molecule has 14 aromatic heterocycles. The summed E-state index contributed by atoms with van der Waals surface area (Å²) in [7, 11) is 0. The van der Waals surface area contributed by atoms with Crippen molar-refractivity contribution in [1.82, 2.24) is 40.8 Å². The first-order valence-corrected chi connectivity index (χ1v) is 32.9. The molecule has 0 aliphatic rings. The van der Waals surface area contributed by atoms with Crippen LogP contribution in [0.3, 0.4) is 0 Å². The monoisotopic (exact) mass is 1300 g/mol. The zero-order chi connectivity index (χ0) is 67.9. The number of hydrogen-bond donors (Lipinski definition) is 0. The molecule has 98 heavy (non-hydrogen) atoms. The van der Waals surface area contributed by atoms with Gasteiger partial charge in [0.15, 0.2) is 16.7 Å². The molecule has 7 aromatic carbocycles. The van der Waals surface area contributed by atoms with Crippen LogP contribution in [0, 0.1) is 96.9 Å². The zero-order valence-electron chi connectivity index (χ0n) is 57.4. The van der Waals surface area contributed by atoms with Crippen molar-refractivity contribution < 1.29 is 30.9 Å². The van der Waals surface area contributed by atoms with Gasteiger partial charge in [-0.2, -0.15) is 9.97 Å². The van der Waals surface area contributed by atoms with Crippen LogP contribution in [0.5, 0.6) is 0 Å². The van der Waals surface area contributed by atoms with Crippen LogP contribution in [0.2, 0.25) is 0 Å². The Balaban J connectivity index is 0.0000000933. The van der Waals surface area contributed by atoms with Gasteiger partial charge in [-0.1, -0.05) is 97.1 Å². The van der Waals surface area contributed by atoms with E-state index >= 15 is 0 Å². The van der Waals surface area contributed by atoms with Crippen LogP contribution in [0.4, 0.5) is 0 Å². The molecule has 0 bridgehead atoms. The topological polar surface area (TPSA) is 149 Å². The highest BCUT2D eigenvalue weighted by molar-refractivity contribution is 5.96. The van der Waals surface area contributed by atoms with E-state index in [2.05, 4.69) is 173 Å². The van der Waals surface area contributed by atoms with E-state index in [1.165, 1.54) is 66.6 Å². The number of nitrogens with zero attached hydrogens (tertiary/aromatic N) is 9. The Kier molecular flexibility index (Phi) is 15.6. The number of rotatable bonds is 0. The van der Waals surface area contributed by atoms with E-state index in [0.717, 1.165) is 118 Å². The SMILES string of the molecule is Cc1cc2oc3ccccc3n2c1C.Cc1cc2oc3ccccc3n2c1C.Cc1cn2c(oc3ccccc32)c1C.Cc1oc2c3ccccc3cn2c1C.Cc1oc2c3ccccc3cn2c1C.Cc1oc2nc3ccccc3n2c1C.Cc1oc2nc3ccccc3n2c1C. The largest absolute Gasteiger partial charge is 0.443 e. The van der Waals surface area contributed by atoms with E-state index in [-0.39, 0.29) is 0 Å². The third-order valence-corrected chi connectivity index (χ3v) is 19.2. The molecular formula is C82H75N9O7. The third-order valence-electron chi connectivity index (χ3n) is 19.2. The summed E-state index contributed by atoms with van der Waals surface area (Å²) in [4.78, 5) is 8.79. The number of oxazole rings is 7. The molecule has 0 spiro atoms. The average molecular weight is 1300 g/mol. The molecule has 0 saturated carbocycles. The number of aryl methyl sites for hydroxylation is 14. The van der Waals surface area contributed by atoms with Crippen molar-refractivity contribution >= 4 is 117 Å². The highest BCUT2D eigenvalue weighted by Crippen LogP contribution is 2.32. The normalized spacial score (nSPS) is 11.6. The molecule has 16 heteroatoms. The number of fused-ring (bicyclic) bond motifs is 21. The Morgan fingerprint density at radius 3 is 1.09 bits per heavy atom. The summed E-state index contributed by atoms with van der Waals surface area (Å²) in [5, 5.41) is 4.83. The second kappa shape index (κ2) is 24.6. The Labute approximate surface area is 563 Å². The first kappa shape index (κ1) is 62.1. The molecule has 14 heterocycles. The maximum absolute atomic E-state index is 5.77. The second-order valence-electron chi connectivity index (χ2n) is 25.2. The molecule has 490 valence electrons. The van der Waals surface area contributed by atoms with Gasteiger partial charge >= 0.3 is 11.7 Å². The van der Waals surface area contributed by atoms with Crippen LogP contribution in [0.25, 0.3) is 117 Å². The highest BCUT2D eigenvalue weighted by atomic mass is 16.4. The predicted molar refractivity (Wildman–Crippen MR) is 392 cm³/mol. The molecule has 0 saturated heterocycles. The summed E-state index contributed by atoms with van der Waals surface area (Å²) < 4.78 is 54.4. The van der Waals surface area contributed by atoms with E-state index in [9.17, 15) is 0 Å². The predicted octanol–water partition coefficient (Wildman–Crippen LogP) is 21.9. The fourth-order valence-electron chi connectivity index (χ4n) is 12.9. The molecule has 0 N–H and O–H groups in total. The minimum absolute atomic E-state index is 0.682. The first-order valence-electron chi connectivity index (χ1n) is 32.9. The van der Waals surface area contributed by atoms with Gasteiger partial charge in [-0.15, -0.1) is 0 Å². The standard InChI is InChI=1S/5C12H11NO.2C11H10N2O/c2*1-8-9(2)14-12-11-6-4-3-5-10(11)7-13(8)12;1-8-7-13-10-5-3-4-6-11(10)14-12(13)9(8)2;2*1-8-7-12-13(9(8)2)10-5-3-4-6-11(10)14-12;2*1-7-8(2)14-11-12-9-5-3-4-6-10(9)13(7)11/h5*3-7H,1-2H3;2*3-6H,1-2H3. The van der Waals surface area contributed by atoms with E-state index in [1.54, 1.807) is 0 Å². The summed E-state index contributed by atoms with van der Waals surface area (Å²) in [5.74, 6) is 5.20. The van der Waals surface area contributed by atoms with Gasteiger partial charge < -0.3 is 30.9 Å². The van der Waals surface area contributed by atoms with E-state index in [4.69, 9.17) is 30.9 Å². The Hall–Kier alpha value is -12.0. The molecule has 0 aliphatic carbocycles. The van der Waals surface area contributed by atoms with Gasteiger partial charge in [0.05, 0.1) is 61.4 Å². The van der Waals surface area contributed by atoms with E-state index < -0.39 is 0 Å². The quantitative estimate of drug-likeness (QED) is 0.145. The van der Waals surface area contributed by atoms with Crippen molar-refractivity contribution in [3.8, 4) is 0 Å². The van der Waals surface area contributed by atoms with E-state index in [1.807, 2.05) is 166 Å². The van der Waals surface area contributed by atoms with Gasteiger partial charge in [-0.05, 0) is 186 Å². The zero-order valence-corrected chi connectivity index (χ0v) is 57.4. The number of aromatic nitrogens is 9. The Bertz CT molecular complexity index is 5790. The molecule has 0 fully saturated rings. The minimum atomic E-state index is 0.682. The summed E-state index contributed by atoms with van der Waals surface area (Å²) in [6.07, 6.45) is 6.36. The molecule has 0 aliphatic heterocycles. The van der Waals surface area contributed by atoms with Crippen molar-refractivity contribution in [1.29, 1.82) is 0 Å². The summed E-state index contributed by atoms with van der Waals surface area (Å²) in [5.41, 5.74) is 27.3. The van der Waals surface area contributed by atoms with Crippen LogP contribution in [0.1, 0.15) is 79.5 Å². The van der Waals surface area contributed by atoms with Crippen LogP contribution in [-0.4, -0.2) is 40.8 Å². The molecular weight excluding hydrogens is 1220 g/mol. The van der Waals surface area contributed by atoms with E-state index in [0.29, 0.717) is 11.7 Å². The van der Waals surface area contributed by atoms with Gasteiger partial charge in [0.1, 0.15) is 23.0 Å². The van der Waals surface area contributed by atoms with Crippen molar-refractivity contribution in [3.63, 3.8) is 0 Å². The van der Waals surface area contributed by atoms with Gasteiger partial charge in [-0.3, -0.25) is 30.8 Å². The number of hydrogen-bond acceptors (Lipinski definition) is 9. The number of imidazole rings is 2. The molecule has 0 unspecified atom stereocenters. The van der Waals surface area contributed by atoms with Crippen LogP contribution in [0.15, 0.2) is 232 Å². The van der Waals surface area contributed by atoms with Gasteiger partial charge in [0, 0.05) is 69.2 Å². The molecule has 21 rings (SSSR count). The van der Waals surface area contributed by atoms with Crippen LogP contribution in [-0.2, 0) is 0 Å². The average Bonchev–Trinajstić information content (AvgIpc) is 1.68. The maximum Gasteiger partial charge on any atom is 0.307 e. The lowest BCUT2D eigenvalue weighted by Gasteiger charge is -1.93. The Morgan fingerprint density at radius 2 is 0.643 bits per heavy atom. The van der Waals surface area contributed by atoms with Crippen LogP contribution >= 0.6 is 0 Å². The smallest absolute Gasteiger partial charge is 0.307 e. The third kappa shape index (κ3) is 10.6. The molecule has 0 amide bonds. The summed E-state index contributed by atoms with van der Waals surface area (Å²) in [6, 6.07) is 61.1. The first-order chi connectivity index (χ1) is 47.4. The summed E-state index contributed by atoms with van der Waals surface area (Å²) >= 11 is 0. The fraction of sp³-hybridized carbons (Fsp3) is 0.171. The van der Waals surface area contributed by atoms with Gasteiger partial charge in [0.2, 0.25) is 28.6 Å². The highest BCUT2D eigenvalue weighted by Gasteiger charge is 2.17. The minimum Gasteiger partial charge on any atom is -0.443 e. The number of benzene rings is 7. The van der Waals surface area contributed by atoms with Gasteiger partial charge in [-0.25, -0.2) is 0 Å². The fourth-order valence-corrected chi connectivity index (χ4v) is 12.9. The van der Waals surface area contributed by atoms with Crippen LogP contribution < -0.4 is 0 Å². The molecule has 0 radical (unpaired) electrons. The maximum atomic E-state index is 5.77. The lowest BCUT2D eigenvalue weighted by atomic mass is 10.2. The summed E-state index contributed by atoms with van der Waals surface area (Å²) in [6.45, 7) is 28.8. The molecule has 16 nitrogen and oxygen atoms in total. The lowest BCUT2D eigenvalue weighted by molar-refractivity contribution is 0.561. The van der Waals surface area contributed by atoms with Crippen molar-refractivity contribution in [2.45, 2.75) is 96.9 Å². The Morgan fingerprint density at radius 1 is 0.276 bits per heavy atom. The molecule has 21 aromatic rings. The van der Waals surface area contributed by atoms with Crippen molar-refractivity contribution in [3.05, 3.63) is 280 Å². The van der Waals surface area contributed by atoms with Crippen molar-refractivity contribution in [2.24, 2.45) is 0 Å². The lowest BCUT2D eigenvalue weighted by Crippen LogP contribution is -1.84.